The molecule has 0 spiro atoms. The molecule has 0 fully saturated rings. The van der Waals surface area contributed by atoms with Gasteiger partial charge in [0.25, 0.3) is 0 Å². The van der Waals surface area contributed by atoms with Gasteiger partial charge in [-0.05, 0) is 12.1 Å². The summed E-state index contributed by atoms with van der Waals surface area (Å²) in [6.45, 7) is 0. The summed E-state index contributed by atoms with van der Waals surface area (Å²) in [6.07, 6.45) is 0. The van der Waals surface area contributed by atoms with Gasteiger partial charge in [0.2, 0.25) is 0 Å². The standard InChI is InChI=1S/C6H5O3P.2K.2H/c7-10(8)9-6-4-2-1-3-5-6;;;;/h1-5H;;;;/q;2*+1;2*-1/p+1. The molecule has 0 amide bonds. The molecule has 3 nitrogen and oxygen atoms in total. The van der Waals surface area contributed by atoms with Crippen molar-refractivity contribution in [1.82, 2.24) is 0 Å². The number of hydrogen-bond donors (Lipinski definition) is 1. The van der Waals surface area contributed by atoms with Crippen LogP contribution < -0.4 is 107 Å². The zero-order valence-electron chi connectivity index (χ0n) is 9.10. The van der Waals surface area contributed by atoms with E-state index in [0.29, 0.717) is 5.75 Å². The van der Waals surface area contributed by atoms with Gasteiger partial charge in [0, 0.05) is 4.57 Å². The van der Waals surface area contributed by atoms with Gasteiger partial charge in [-0.1, -0.05) is 18.2 Å². The Hall–Kier alpha value is 2.35. The molecule has 1 rings (SSSR count). The minimum atomic E-state index is -2.53. The molecule has 1 aromatic carbocycles. The van der Waals surface area contributed by atoms with E-state index < -0.39 is 8.25 Å². The van der Waals surface area contributed by atoms with Gasteiger partial charge in [0.1, 0.15) is 0 Å². The van der Waals surface area contributed by atoms with Gasteiger partial charge < -0.3 is 2.85 Å². The molecule has 1 unspecified atom stereocenters. The van der Waals surface area contributed by atoms with E-state index in [1.807, 2.05) is 0 Å². The molecule has 0 aliphatic rings. The Kier molecular flexibility index (Phi) is 13.8. The van der Waals surface area contributed by atoms with Crippen molar-refractivity contribution in [3.05, 3.63) is 30.3 Å². The van der Waals surface area contributed by atoms with Gasteiger partial charge in [-0.25, -0.2) is 4.52 Å². The zero-order valence-corrected chi connectivity index (χ0v) is 14.2. The average molecular weight is 237 g/mol. The molecule has 1 aromatic rings. The molecular weight excluding hydrogens is 229 g/mol. The Bertz CT molecular complexity index is 238. The molecule has 0 saturated heterocycles. The molecule has 1 N–H and O–H groups in total. The molecule has 0 radical (unpaired) electrons. The van der Waals surface area contributed by atoms with E-state index in [9.17, 15) is 4.57 Å². The van der Waals surface area contributed by atoms with Gasteiger partial charge in [0.05, 0.1) is 0 Å². The van der Waals surface area contributed by atoms with Crippen molar-refractivity contribution in [3.63, 3.8) is 0 Å². The Morgan fingerprint density at radius 1 is 1.25 bits per heavy atom. The predicted octanol–water partition coefficient (Wildman–Crippen LogP) is -4.05. The fourth-order valence-electron chi connectivity index (χ4n) is 0.572. The summed E-state index contributed by atoms with van der Waals surface area (Å²) in [5.41, 5.74) is 0. The molecule has 0 saturated carbocycles. The van der Waals surface area contributed by atoms with Crippen LogP contribution in [0.3, 0.4) is 0 Å². The topological polar surface area (TPSA) is 46.5 Å². The molecule has 1 atom stereocenters. The molecule has 6 heteroatoms. The van der Waals surface area contributed by atoms with Crippen LogP contribution in [0, 0.1) is 0 Å². The first-order valence-corrected chi connectivity index (χ1v) is 3.81. The Morgan fingerprint density at radius 2 is 1.75 bits per heavy atom. The second kappa shape index (κ2) is 9.89. The van der Waals surface area contributed by atoms with Crippen LogP contribution >= 0.6 is 8.25 Å². The first-order valence-electron chi connectivity index (χ1n) is 2.68. The molecule has 12 heavy (non-hydrogen) atoms. The minimum absolute atomic E-state index is 0. The summed E-state index contributed by atoms with van der Waals surface area (Å²) in [5.74, 6) is 0.408. The second-order valence-corrected chi connectivity index (χ2v) is 2.30. The van der Waals surface area contributed by atoms with Crippen molar-refractivity contribution in [2.45, 2.75) is 0 Å². The summed E-state index contributed by atoms with van der Waals surface area (Å²) < 4.78 is 14.6. The van der Waals surface area contributed by atoms with E-state index in [1.165, 1.54) is 0 Å². The summed E-state index contributed by atoms with van der Waals surface area (Å²) in [6, 6.07) is 8.49. The van der Waals surface area contributed by atoms with Crippen LogP contribution in [-0.4, -0.2) is 4.89 Å². The van der Waals surface area contributed by atoms with Crippen molar-refractivity contribution in [2.75, 3.05) is 0 Å². The van der Waals surface area contributed by atoms with Crippen molar-refractivity contribution in [3.8, 4) is 5.75 Å². The fraction of sp³-hybridized carbons (Fsp3) is 0. The molecule has 0 heterocycles. The van der Waals surface area contributed by atoms with E-state index >= 15 is 0 Å². The summed E-state index contributed by atoms with van der Waals surface area (Å²) in [5, 5.41) is 0. The van der Waals surface area contributed by atoms with E-state index in [0.717, 1.165) is 0 Å². The van der Waals surface area contributed by atoms with Gasteiger partial charge in [-0.3, -0.25) is 0 Å². The number of rotatable bonds is 2. The Balaban J connectivity index is -0.000000125. The van der Waals surface area contributed by atoms with Crippen LogP contribution in [0.5, 0.6) is 5.75 Å². The third-order valence-corrected chi connectivity index (χ3v) is 1.29. The second-order valence-electron chi connectivity index (χ2n) is 1.64. The molecule has 0 aliphatic carbocycles. The Morgan fingerprint density at radius 3 is 2.17 bits per heavy atom. The smallest absolute Gasteiger partial charge is 1.00 e. The number of para-hydroxylation sites is 1. The maximum atomic E-state index is 10.1. The zero-order chi connectivity index (χ0) is 7.40. The molecule has 0 aliphatic heterocycles. The van der Waals surface area contributed by atoms with Crippen LogP contribution in [0.25, 0.3) is 0 Å². The maximum Gasteiger partial charge on any atom is 1.00 e. The third kappa shape index (κ3) is 7.73. The molecular formula is C6H8K2O3P+. The summed E-state index contributed by atoms with van der Waals surface area (Å²) in [4.78, 5) is 8.29. The average Bonchev–Trinajstić information content (AvgIpc) is 1.88. The van der Waals surface area contributed by atoms with Crippen molar-refractivity contribution < 1.29 is 120 Å². The molecule has 0 aromatic heterocycles. The number of benzene rings is 1. The number of hydrogen-bond acceptors (Lipinski definition) is 2. The van der Waals surface area contributed by atoms with E-state index in [2.05, 4.69) is 4.52 Å². The normalized spacial score (nSPS) is 8.92. The summed E-state index contributed by atoms with van der Waals surface area (Å²) in [7, 11) is -2.53. The predicted molar refractivity (Wildman–Crippen MR) is 39.1 cm³/mol. The van der Waals surface area contributed by atoms with Crippen LogP contribution in [0.15, 0.2) is 30.3 Å². The fourth-order valence-corrected chi connectivity index (χ4v) is 0.874. The SMILES string of the molecule is O=[P+](O)Oc1ccccc1.[H-].[H-].[K+].[K+]. The first-order chi connectivity index (χ1) is 4.79. The summed E-state index contributed by atoms with van der Waals surface area (Å²) >= 11 is 0. The van der Waals surface area contributed by atoms with Crippen molar-refractivity contribution in [1.29, 1.82) is 0 Å². The van der Waals surface area contributed by atoms with E-state index in [1.54, 1.807) is 30.3 Å². The van der Waals surface area contributed by atoms with E-state index in [4.69, 9.17) is 4.89 Å². The van der Waals surface area contributed by atoms with Crippen molar-refractivity contribution >= 4 is 8.25 Å². The van der Waals surface area contributed by atoms with Crippen LogP contribution in [0.4, 0.5) is 0 Å². The van der Waals surface area contributed by atoms with Gasteiger partial charge in [0.15, 0.2) is 5.75 Å². The van der Waals surface area contributed by atoms with Gasteiger partial charge in [-0.15, -0.1) is 4.89 Å². The van der Waals surface area contributed by atoms with Crippen LogP contribution in [0.2, 0.25) is 0 Å². The third-order valence-electron chi connectivity index (χ3n) is 0.927. The van der Waals surface area contributed by atoms with Gasteiger partial charge in [-0.2, -0.15) is 0 Å². The van der Waals surface area contributed by atoms with Crippen LogP contribution in [-0.2, 0) is 4.57 Å². The van der Waals surface area contributed by atoms with Crippen LogP contribution in [0.1, 0.15) is 2.85 Å². The molecule has 0 bridgehead atoms. The van der Waals surface area contributed by atoms with Gasteiger partial charge >= 0.3 is 111 Å². The maximum absolute atomic E-state index is 10.1. The van der Waals surface area contributed by atoms with E-state index in [-0.39, 0.29) is 106 Å². The quantitative estimate of drug-likeness (QED) is 0.421. The Labute approximate surface area is 160 Å². The van der Waals surface area contributed by atoms with Crippen molar-refractivity contribution in [2.24, 2.45) is 0 Å². The monoisotopic (exact) mass is 237 g/mol. The minimum Gasteiger partial charge on any atom is -1.00 e. The largest absolute Gasteiger partial charge is 1.00 e. The molecule has 56 valence electrons. The first kappa shape index (κ1) is 16.8.